The summed E-state index contributed by atoms with van der Waals surface area (Å²) in [6.07, 6.45) is 3.75. The average Bonchev–Trinajstić information content (AvgIpc) is 2.64. The Hall–Kier alpha value is -1.49. The van der Waals surface area contributed by atoms with Crippen LogP contribution in [0.1, 0.15) is 5.82 Å². The first kappa shape index (κ1) is 12.0. The Balaban J connectivity index is 2.20. The molecule has 5 heteroatoms. The Morgan fingerprint density at radius 3 is 2.82 bits per heavy atom. The van der Waals surface area contributed by atoms with Gasteiger partial charge in [0, 0.05) is 36.6 Å². The maximum atomic E-state index is 5.72. The number of aryl methyl sites for hydroxylation is 1. The van der Waals surface area contributed by atoms with Crippen LogP contribution in [0, 0.1) is 0 Å². The van der Waals surface area contributed by atoms with Crippen molar-refractivity contribution in [1.82, 2.24) is 9.55 Å². The van der Waals surface area contributed by atoms with E-state index in [2.05, 4.69) is 25.8 Å². The molecule has 1 aromatic carbocycles. The second-order valence-electron chi connectivity index (χ2n) is 4.02. The summed E-state index contributed by atoms with van der Waals surface area (Å²) in [6.45, 7) is 0.756. The van der Waals surface area contributed by atoms with Crippen LogP contribution >= 0.6 is 15.9 Å². The molecule has 0 unspecified atom stereocenters. The van der Waals surface area contributed by atoms with Crippen molar-refractivity contribution >= 4 is 27.3 Å². The molecule has 1 heterocycles. The van der Waals surface area contributed by atoms with E-state index >= 15 is 0 Å². The van der Waals surface area contributed by atoms with Crippen molar-refractivity contribution < 1.29 is 0 Å². The molecule has 1 aromatic heterocycles. The van der Waals surface area contributed by atoms with Gasteiger partial charge in [0.05, 0.1) is 12.2 Å². The lowest BCUT2D eigenvalue weighted by molar-refractivity contribution is 0.761. The average molecular weight is 295 g/mol. The molecule has 0 aliphatic carbocycles. The van der Waals surface area contributed by atoms with E-state index in [1.807, 2.05) is 43.1 Å². The molecule has 0 fully saturated rings. The molecule has 0 saturated heterocycles. The van der Waals surface area contributed by atoms with Crippen LogP contribution in [0.5, 0.6) is 0 Å². The number of nitrogens with two attached hydrogens (primary N) is 1. The molecule has 0 atom stereocenters. The van der Waals surface area contributed by atoms with E-state index in [1.54, 1.807) is 6.20 Å². The van der Waals surface area contributed by atoms with Crippen molar-refractivity contribution in [3.05, 3.63) is 40.9 Å². The van der Waals surface area contributed by atoms with Gasteiger partial charge in [-0.3, -0.25) is 0 Å². The Labute approximate surface area is 109 Å². The largest absolute Gasteiger partial charge is 0.399 e. The van der Waals surface area contributed by atoms with Gasteiger partial charge in [-0.15, -0.1) is 0 Å². The molecule has 0 amide bonds. The summed E-state index contributed by atoms with van der Waals surface area (Å²) in [5, 5.41) is 0. The molecule has 90 valence electrons. The molecule has 0 saturated carbocycles. The van der Waals surface area contributed by atoms with Crippen molar-refractivity contribution in [1.29, 1.82) is 0 Å². The van der Waals surface area contributed by atoms with E-state index < -0.39 is 0 Å². The lowest BCUT2D eigenvalue weighted by Gasteiger charge is -2.20. The minimum Gasteiger partial charge on any atom is -0.399 e. The summed E-state index contributed by atoms with van der Waals surface area (Å²) in [4.78, 5) is 6.44. The standard InChI is InChI=1S/C12H15BrN4/c1-16-6-5-15-12(16)8-17(2)11-4-3-9(14)7-10(11)13/h3-7H,8,14H2,1-2H3. The van der Waals surface area contributed by atoms with Crippen molar-refractivity contribution in [3.63, 3.8) is 0 Å². The zero-order chi connectivity index (χ0) is 12.4. The molecule has 2 rings (SSSR count). The first-order valence-corrected chi connectivity index (χ1v) is 6.09. The highest BCUT2D eigenvalue weighted by atomic mass is 79.9. The molecule has 0 aliphatic heterocycles. The number of hydrogen-bond acceptors (Lipinski definition) is 3. The Bertz CT molecular complexity index is 521. The van der Waals surface area contributed by atoms with Gasteiger partial charge in [-0.05, 0) is 34.1 Å². The van der Waals surface area contributed by atoms with Crippen molar-refractivity contribution in [3.8, 4) is 0 Å². The van der Waals surface area contributed by atoms with E-state index in [0.29, 0.717) is 0 Å². The normalized spacial score (nSPS) is 10.5. The zero-order valence-electron chi connectivity index (χ0n) is 9.89. The maximum absolute atomic E-state index is 5.72. The molecular formula is C12H15BrN4. The Morgan fingerprint density at radius 1 is 1.47 bits per heavy atom. The quantitative estimate of drug-likeness (QED) is 0.885. The highest BCUT2D eigenvalue weighted by molar-refractivity contribution is 9.10. The smallest absolute Gasteiger partial charge is 0.127 e. The second kappa shape index (κ2) is 4.79. The second-order valence-corrected chi connectivity index (χ2v) is 4.88. The zero-order valence-corrected chi connectivity index (χ0v) is 11.5. The molecule has 0 radical (unpaired) electrons. The van der Waals surface area contributed by atoms with E-state index in [-0.39, 0.29) is 0 Å². The summed E-state index contributed by atoms with van der Waals surface area (Å²) < 4.78 is 3.01. The van der Waals surface area contributed by atoms with Crippen LogP contribution < -0.4 is 10.6 Å². The molecule has 2 aromatic rings. The molecule has 2 N–H and O–H groups in total. The van der Waals surface area contributed by atoms with Crippen LogP contribution in [0.2, 0.25) is 0 Å². The molecule has 0 spiro atoms. The van der Waals surface area contributed by atoms with Crippen LogP contribution in [0.25, 0.3) is 0 Å². The third-order valence-electron chi connectivity index (χ3n) is 2.68. The number of nitrogen functional groups attached to an aromatic ring is 1. The number of benzene rings is 1. The molecule has 4 nitrogen and oxygen atoms in total. The summed E-state index contributed by atoms with van der Waals surface area (Å²) in [5.41, 5.74) is 7.58. The van der Waals surface area contributed by atoms with Gasteiger partial charge in [0.2, 0.25) is 0 Å². The van der Waals surface area contributed by atoms with Gasteiger partial charge in [0.15, 0.2) is 0 Å². The topological polar surface area (TPSA) is 47.1 Å². The first-order chi connectivity index (χ1) is 8.08. The fraction of sp³-hybridized carbons (Fsp3) is 0.250. The lowest BCUT2D eigenvalue weighted by atomic mass is 10.2. The number of anilines is 2. The molecule has 17 heavy (non-hydrogen) atoms. The predicted molar refractivity (Wildman–Crippen MR) is 73.9 cm³/mol. The lowest BCUT2D eigenvalue weighted by Crippen LogP contribution is -2.19. The molecular weight excluding hydrogens is 280 g/mol. The van der Waals surface area contributed by atoms with Gasteiger partial charge in [-0.2, -0.15) is 0 Å². The predicted octanol–water partition coefficient (Wildman–Crippen LogP) is 2.40. The number of imidazole rings is 1. The van der Waals surface area contributed by atoms with Gasteiger partial charge in [0.25, 0.3) is 0 Å². The first-order valence-electron chi connectivity index (χ1n) is 5.30. The summed E-state index contributed by atoms with van der Waals surface area (Å²) >= 11 is 3.52. The highest BCUT2D eigenvalue weighted by Crippen LogP contribution is 2.28. The Kier molecular flexibility index (Phi) is 3.38. The Morgan fingerprint density at radius 2 is 2.24 bits per heavy atom. The van der Waals surface area contributed by atoms with Crippen molar-refractivity contribution in [2.45, 2.75) is 6.54 Å². The summed E-state index contributed by atoms with van der Waals surface area (Å²) in [7, 11) is 4.03. The number of halogens is 1. The molecule has 0 bridgehead atoms. The minimum atomic E-state index is 0.756. The summed E-state index contributed by atoms with van der Waals surface area (Å²) in [6, 6.07) is 5.81. The van der Waals surface area contributed by atoms with Crippen molar-refractivity contribution in [2.75, 3.05) is 17.7 Å². The minimum absolute atomic E-state index is 0.756. The third kappa shape index (κ3) is 2.61. The van der Waals surface area contributed by atoms with Crippen molar-refractivity contribution in [2.24, 2.45) is 7.05 Å². The van der Waals surface area contributed by atoms with E-state index in [4.69, 9.17) is 5.73 Å². The number of nitrogens with zero attached hydrogens (tertiary/aromatic N) is 3. The van der Waals surface area contributed by atoms with Gasteiger partial charge in [-0.25, -0.2) is 4.98 Å². The van der Waals surface area contributed by atoms with Crippen LogP contribution in [0.4, 0.5) is 11.4 Å². The molecule has 0 aliphatic rings. The fourth-order valence-electron chi connectivity index (χ4n) is 1.68. The van der Waals surface area contributed by atoms with Crippen LogP contribution in [-0.4, -0.2) is 16.6 Å². The highest BCUT2D eigenvalue weighted by Gasteiger charge is 2.08. The summed E-state index contributed by atoms with van der Waals surface area (Å²) in [5.74, 6) is 1.02. The third-order valence-corrected chi connectivity index (χ3v) is 3.32. The van der Waals surface area contributed by atoms with E-state index in [0.717, 1.165) is 28.2 Å². The number of rotatable bonds is 3. The maximum Gasteiger partial charge on any atom is 0.127 e. The number of hydrogen-bond donors (Lipinski definition) is 1. The van der Waals surface area contributed by atoms with Crippen LogP contribution in [0.3, 0.4) is 0 Å². The number of aromatic nitrogens is 2. The van der Waals surface area contributed by atoms with E-state index in [9.17, 15) is 0 Å². The fourth-order valence-corrected chi connectivity index (χ4v) is 2.38. The van der Waals surface area contributed by atoms with Gasteiger partial charge >= 0.3 is 0 Å². The van der Waals surface area contributed by atoms with Crippen LogP contribution in [-0.2, 0) is 13.6 Å². The van der Waals surface area contributed by atoms with E-state index in [1.165, 1.54) is 0 Å². The van der Waals surface area contributed by atoms with Crippen LogP contribution in [0.15, 0.2) is 35.1 Å². The SMILES string of the molecule is CN(Cc1nccn1C)c1ccc(N)cc1Br. The van der Waals surface area contributed by atoms with Gasteiger partial charge in [0.1, 0.15) is 5.82 Å². The monoisotopic (exact) mass is 294 g/mol. The van der Waals surface area contributed by atoms with Gasteiger partial charge < -0.3 is 15.2 Å². The van der Waals surface area contributed by atoms with Gasteiger partial charge in [-0.1, -0.05) is 0 Å².